The third-order valence-corrected chi connectivity index (χ3v) is 4.77. The van der Waals surface area contributed by atoms with Crippen molar-refractivity contribution in [1.82, 2.24) is 4.57 Å². The predicted octanol–water partition coefficient (Wildman–Crippen LogP) is 3.61. The lowest BCUT2D eigenvalue weighted by atomic mass is 10.0. The van der Waals surface area contributed by atoms with Gasteiger partial charge in [-0.3, -0.25) is 14.9 Å². The van der Waals surface area contributed by atoms with Crippen molar-refractivity contribution in [3.8, 4) is 0 Å². The van der Waals surface area contributed by atoms with Crippen LogP contribution in [-0.4, -0.2) is 15.4 Å². The molecule has 0 aliphatic rings. The molecule has 0 aliphatic heterocycles. The first-order valence-corrected chi connectivity index (χ1v) is 8.11. The van der Waals surface area contributed by atoms with Gasteiger partial charge in [0.05, 0.1) is 16.3 Å². The van der Waals surface area contributed by atoms with E-state index in [-0.39, 0.29) is 5.76 Å². The Balaban J connectivity index is 2.04. The molecule has 0 saturated heterocycles. The zero-order chi connectivity index (χ0) is 17.4. The lowest BCUT2D eigenvalue weighted by Gasteiger charge is -2.04. The average molecular weight is 345 g/mol. The fourth-order valence-corrected chi connectivity index (χ4v) is 3.36. The van der Waals surface area contributed by atoms with Gasteiger partial charge in [-0.25, -0.2) is 0 Å². The van der Waals surface area contributed by atoms with Gasteiger partial charge in [-0.05, 0) is 29.7 Å². The average Bonchev–Trinajstić information content (AvgIpc) is 3.13. The Hall–Kier alpha value is -2.74. The molecule has 124 valence electrons. The Morgan fingerprint density at radius 2 is 2.08 bits per heavy atom. The molecule has 1 aromatic carbocycles. The van der Waals surface area contributed by atoms with Gasteiger partial charge in [-0.15, -0.1) is 0 Å². The molecule has 2 heterocycles. The Kier molecular flexibility index (Phi) is 4.06. The van der Waals surface area contributed by atoms with E-state index in [9.17, 15) is 14.9 Å². The van der Waals surface area contributed by atoms with Gasteiger partial charge in [0.15, 0.2) is 4.80 Å². The molecule has 0 unspecified atom stereocenters. The SMILES string of the molecule is CC(C)c1ccc2c(c1)sc(=NC(=O)c1ccc([N+](=O)[O-])o1)n2C. The molecule has 24 heavy (non-hydrogen) atoms. The van der Waals surface area contributed by atoms with Crippen LogP contribution in [0.5, 0.6) is 0 Å². The van der Waals surface area contributed by atoms with Gasteiger partial charge in [-0.1, -0.05) is 31.3 Å². The summed E-state index contributed by atoms with van der Waals surface area (Å²) in [6.45, 7) is 4.24. The Bertz CT molecular complexity index is 1010. The number of benzene rings is 1. The zero-order valence-corrected chi connectivity index (χ0v) is 14.2. The molecule has 0 aliphatic carbocycles. The van der Waals surface area contributed by atoms with Crippen molar-refractivity contribution in [1.29, 1.82) is 0 Å². The summed E-state index contributed by atoms with van der Waals surface area (Å²) in [6, 6.07) is 8.55. The Morgan fingerprint density at radius 1 is 1.33 bits per heavy atom. The van der Waals surface area contributed by atoms with Crippen LogP contribution < -0.4 is 4.80 Å². The molecule has 0 saturated carbocycles. The number of carbonyl (C=O) groups is 1. The largest absolute Gasteiger partial charge is 0.433 e. The smallest absolute Gasteiger partial charge is 0.395 e. The summed E-state index contributed by atoms with van der Waals surface area (Å²) in [7, 11) is 1.82. The minimum atomic E-state index is -0.691. The van der Waals surface area contributed by atoms with Crippen molar-refractivity contribution in [2.75, 3.05) is 0 Å². The van der Waals surface area contributed by atoms with Gasteiger partial charge >= 0.3 is 11.8 Å². The van der Waals surface area contributed by atoms with E-state index < -0.39 is 16.7 Å². The van der Waals surface area contributed by atoms with Gasteiger partial charge in [0, 0.05) is 7.05 Å². The normalized spacial score (nSPS) is 12.2. The highest BCUT2D eigenvalue weighted by Gasteiger charge is 2.17. The van der Waals surface area contributed by atoms with Crippen LogP contribution in [0.3, 0.4) is 0 Å². The van der Waals surface area contributed by atoms with E-state index in [1.54, 1.807) is 0 Å². The van der Waals surface area contributed by atoms with E-state index >= 15 is 0 Å². The third-order valence-electron chi connectivity index (χ3n) is 3.68. The summed E-state index contributed by atoms with van der Waals surface area (Å²) in [6.07, 6.45) is 0. The Morgan fingerprint density at radius 3 is 2.71 bits per heavy atom. The molecule has 0 atom stereocenters. The van der Waals surface area contributed by atoms with Gasteiger partial charge in [0.1, 0.15) is 4.92 Å². The highest BCUT2D eigenvalue weighted by molar-refractivity contribution is 7.16. The number of nitrogens with zero attached hydrogens (tertiary/aromatic N) is 3. The van der Waals surface area contributed by atoms with Crippen LogP contribution in [0.25, 0.3) is 10.2 Å². The molecule has 3 aromatic rings. The maximum Gasteiger partial charge on any atom is 0.433 e. The minimum absolute atomic E-state index is 0.151. The number of aromatic nitrogens is 1. The molecular weight excluding hydrogens is 330 g/mol. The molecule has 0 fully saturated rings. The maximum absolute atomic E-state index is 12.2. The van der Waals surface area contributed by atoms with Crippen molar-refractivity contribution in [3.05, 3.63) is 56.6 Å². The molecule has 0 bridgehead atoms. The van der Waals surface area contributed by atoms with Crippen LogP contribution in [0.15, 0.2) is 39.7 Å². The number of thiazole rings is 1. The van der Waals surface area contributed by atoms with Crippen molar-refractivity contribution >= 4 is 33.3 Å². The summed E-state index contributed by atoms with van der Waals surface area (Å²) in [5, 5.41) is 10.6. The summed E-state index contributed by atoms with van der Waals surface area (Å²) in [5.74, 6) is -0.861. The number of nitro groups is 1. The quantitative estimate of drug-likeness (QED) is 0.535. The van der Waals surface area contributed by atoms with Crippen molar-refractivity contribution in [2.24, 2.45) is 12.0 Å². The summed E-state index contributed by atoms with van der Waals surface area (Å²) >= 11 is 1.39. The first kappa shape index (κ1) is 16.1. The fraction of sp³-hybridized carbons (Fsp3) is 0.250. The summed E-state index contributed by atoms with van der Waals surface area (Å²) < 4.78 is 7.74. The van der Waals surface area contributed by atoms with E-state index in [0.717, 1.165) is 16.3 Å². The molecule has 8 heteroatoms. The van der Waals surface area contributed by atoms with Crippen molar-refractivity contribution in [3.63, 3.8) is 0 Å². The van der Waals surface area contributed by atoms with Crippen LogP contribution in [-0.2, 0) is 7.05 Å². The van der Waals surface area contributed by atoms with Gasteiger partial charge in [0.25, 0.3) is 0 Å². The van der Waals surface area contributed by atoms with Crippen LogP contribution in [0.2, 0.25) is 0 Å². The third kappa shape index (κ3) is 2.88. The number of hydrogen-bond acceptors (Lipinski definition) is 5. The number of furan rings is 1. The topological polar surface area (TPSA) is 90.6 Å². The number of carbonyl (C=O) groups excluding carboxylic acids is 1. The molecule has 0 N–H and O–H groups in total. The van der Waals surface area contributed by atoms with Crippen LogP contribution >= 0.6 is 11.3 Å². The predicted molar refractivity (Wildman–Crippen MR) is 90.1 cm³/mol. The lowest BCUT2D eigenvalue weighted by molar-refractivity contribution is -0.402. The molecule has 0 spiro atoms. The molecule has 2 aromatic heterocycles. The fourth-order valence-electron chi connectivity index (χ4n) is 2.30. The second kappa shape index (κ2) is 6.04. The number of hydrogen-bond donors (Lipinski definition) is 0. The van der Waals surface area contributed by atoms with Gasteiger partial charge in [0.2, 0.25) is 5.76 Å². The van der Waals surface area contributed by atoms with E-state index in [4.69, 9.17) is 4.42 Å². The number of fused-ring (bicyclic) bond motifs is 1. The van der Waals surface area contributed by atoms with Crippen LogP contribution in [0.1, 0.15) is 35.9 Å². The number of amides is 1. The highest BCUT2D eigenvalue weighted by atomic mass is 32.1. The van der Waals surface area contributed by atoms with Crippen LogP contribution in [0, 0.1) is 10.1 Å². The number of aryl methyl sites for hydroxylation is 1. The van der Waals surface area contributed by atoms with E-state index in [0.29, 0.717) is 10.7 Å². The maximum atomic E-state index is 12.2. The van der Waals surface area contributed by atoms with E-state index in [1.165, 1.54) is 23.0 Å². The minimum Gasteiger partial charge on any atom is -0.395 e. The summed E-state index contributed by atoms with van der Waals surface area (Å²) in [5.41, 5.74) is 2.19. The van der Waals surface area contributed by atoms with Crippen molar-refractivity contribution in [2.45, 2.75) is 19.8 Å². The first-order chi connectivity index (χ1) is 11.4. The standard InChI is InChI=1S/C16H15N3O4S/c1-9(2)10-4-5-11-13(8-10)24-16(18(11)3)17-15(20)12-6-7-14(23-12)19(21)22/h4-9H,1-3H3. The van der Waals surface area contributed by atoms with Gasteiger partial charge < -0.3 is 8.98 Å². The summed E-state index contributed by atoms with van der Waals surface area (Å²) in [4.78, 5) is 26.6. The highest BCUT2D eigenvalue weighted by Crippen LogP contribution is 2.23. The van der Waals surface area contributed by atoms with E-state index in [2.05, 4.69) is 31.0 Å². The lowest BCUT2D eigenvalue weighted by Crippen LogP contribution is -2.13. The zero-order valence-electron chi connectivity index (χ0n) is 13.3. The van der Waals surface area contributed by atoms with E-state index in [1.807, 2.05) is 17.7 Å². The molecule has 7 nitrogen and oxygen atoms in total. The second-order valence-corrected chi connectivity index (χ2v) is 6.65. The first-order valence-electron chi connectivity index (χ1n) is 7.29. The van der Waals surface area contributed by atoms with Crippen molar-refractivity contribution < 1.29 is 14.1 Å². The Labute approximate surface area is 141 Å². The number of rotatable bonds is 3. The molecule has 3 rings (SSSR count). The second-order valence-electron chi connectivity index (χ2n) is 5.64. The van der Waals surface area contributed by atoms with Crippen LogP contribution in [0.4, 0.5) is 5.88 Å². The molecule has 1 amide bonds. The van der Waals surface area contributed by atoms with Gasteiger partial charge in [-0.2, -0.15) is 4.99 Å². The molecular formula is C16H15N3O4S. The molecule has 0 radical (unpaired) electrons. The monoisotopic (exact) mass is 345 g/mol.